The van der Waals surface area contributed by atoms with Crippen molar-refractivity contribution in [3.8, 4) is 5.69 Å². The van der Waals surface area contributed by atoms with Gasteiger partial charge in [-0.3, -0.25) is 9.59 Å². The van der Waals surface area contributed by atoms with Crippen LogP contribution in [0.2, 0.25) is 0 Å². The van der Waals surface area contributed by atoms with Gasteiger partial charge in [-0.2, -0.15) is 5.10 Å². The summed E-state index contributed by atoms with van der Waals surface area (Å²) >= 11 is 0. The van der Waals surface area contributed by atoms with Crippen molar-refractivity contribution in [2.75, 3.05) is 0 Å². The van der Waals surface area contributed by atoms with Gasteiger partial charge in [0.05, 0.1) is 29.4 Å². The number of carbonyl (C=O) groups is 2. The van der Waals surface area contributed by atoms with Gasteiger partial charge in [0.1, 0.15) is 0 Å². The van der Waals surface area contributed by atoms with Crippen LogP contribution in [0.15, 0.2) is 36.7 Å². The Morgan fingerprint density at radius 1 is 1.25 bits per heavy atom. The van der Waals surface area contributed by atoms with Crippen LogP contribution in [0.25, 0.3) is 5.69 Å². The molecular formula is C18H23N3O3. The second-order valence-electron chi connectivity index (χ2n) is 5.97. The average Bonchev–Trinajstić information content (AvgIpc) is 3.04. The number of carboxylic acid groups (broad SMARTS) is 1. The largest absolute Gasteiger partial charge is 0.481 e. The zero-order valence-electron chi connectivity index (χ0n) is 14.2. The minimum absolute atomic E-state index is 0.0995. The van der Waals surface area contributed by atoms with Crippen LogP contribution in [-0.2, 0) is 4.79 Å². The van der Waals surface area contributed by atoms with Crippen LogP contribution in [0.3, 0.4) is 0 Å². The molecule has 0 fully saturated rings. The monoisotopic (exact) mass is 329 g/mol. The third kappa shape index (κ3) is 3.82. The van der Waals surface area contributed by atoms with Crippen molar-refractivity contribution in [1.82, 2.24) is 15.1 Å². The van der Waals surface area contributed by atoms with E-state index in [4.69, 9.17) is 5.11 Å². The number of nitrogens with zero attached hydrogens (tertiary/aromatic N) is 2. The highest BCUT2D eigenvalue weighted by Crippen LogP contribution is 2.21. The van der Waals surface area contributed by atoms with Gasteiger partial charge in [-0.1, -0.05) is 32.0 Å². The van der Waals surface area contributed by atoms with Crippen molar-refractivity contribution in [3.63, 3.8) is 0 Å². The van der Waals surface area contributed by atoms with Crippen molar-refractivity contribution >= 4 is 11.9 Å². The molecule has 2 rings (SSSR count). The van der Waals surface area contributed by atoms with E-state index in [2.05, 4.69) is 10.4 Å². The lowest BCUT2D eigenvalue weighted by atomic mass is 9.88. The minimum atomic E-state index is -0.922. The van der Waals surface area contributed by atoms with Gasteiger partial charge in [-0.25, -0.2) is 4.68 Å². The number of nitrogens with one attached hydrogen (secondary N) is 1. The first-order valence-electron chi connectivity index (χ1n) is 8.05. The van der Waals surface area contributed by atoms with Crippen LogP contribution in [0.1, 0.15) is 49.0 Å². The molecule has 0 saturated heterocycles. The predicted octanol–water partition coefficient (Wildman–Crippen LogP) is 2.94. The molecule has 0 aliphatic carbocycles. The van der Waals surface area contributed by atoms with Gasteiger partial charge in [-0.15, -0.1) is 0 Å². The van der Waals surface area contributed by atoms with E-state index in [1.807, 2.05) is 45.0 Å². The predicted molar refractivity (Wildman–Crippen MR) is 91.3 cm³/mol. The van der Waals surface area contributed by atoms with Gasteiger partial charge >= 0.3 is 5.97 Å². The maximum Gasteiger partial charge on any atom is 0.305 e. The molecule has 2 N–H and O–H groups in total. The first-order chi connectivity index (χ1) is 11.4. The number of aryl methyl sites for hydroxylation is 1. The lowest BCUT2D eigenvalue weighted by molar-refractivity contribution is -0.138. The molecule has 0 atom stereocenters. The number of amides is 1. The molecule has 1 amide bonds. The molecule has 24 heavy (non-hydrogen) atoms. The SMILES string of the molecule is CCC(CC)(CC(=O)O)NC(=O)c1cnn(-c2ccccc2C)c1. The Morgan fingerprint density at radius 2 is 1.92 bits per heavy atom. The van der Waals surface area contributed by atoms with E-state index in [0.717, 1.165) is 11.3 Å². The Bertz CT molecular complexity index is 733. The Hall–Kier alpha value is -2.63. The van der Waals surface area contributed by atoms with Gasteiger partial charge in [0.15, 0.2) is 0 Å². The van der Waals surface area contributed by atoms with Crippen LogP contribution < -0.4 is 5.32 Å². The van der Waals surface area contributed by atoms with E-state index in [9.17, 15) is 9.59 Å². The lowest BCUT2D eigenvalue weighted by Gasteiger charge is -2.31. The van der Waals surface area contributed by atoms with Gasteiger partial charge in [0.2, 0.25) is 0 Å². The number of aromatic nitrogens is 2. The normalized spacial score (nSPS) is 11.3. The molecule has 0 unspecified atom stereocenters. The molecule has 0 radical (unpaired) electrons. The summed E-state index contributed by atoms with van der Waals surface area (Å²) in [7, 11) is 0. The fourth-order valence-corrected chi connectivity index (χ4v) is 2.72. The van der Waals surface area contributed by atoms with E-state index in [1.165, 1.54) is 6.20 Å². The second kappa shape index (κ2) is 7.29. The molecule has 2 aromatic rings. The van der Waals surface area contributed by atoms with Gasteiger partial charge in [0, 0.05) is 6.20 Å². The number of aliphatic carboxylic acids is 1. The maximum absolute atomic E-state index is 12.5. The molecule has 1 aromatic heterocycles. The summed E-state index contributed by atoms with van der Waals surface area (Å²) in [5, 5.41) is 16.2. The molecule has 0 aliphatic rings. The number of para-hydroxylation sites is 1. The standard InChI is InChI=1S/C18H23N3O3/c1-4-18(5-2,10-16(22)23)20-17(24)14-11-19-21(12-14)15-9-7-6-8-13(15)3/h6-9,11-12H,4-5,10H2,1-3H3,(H,20,24)(H,22,23). The summed E-state index contributed by atoms with van der Waals surface area (Å²) in [6, 6.07) is 7.76. The molecule has 0 aliphatic heterocycles. The first kappa shape index (κ1) is 17.7. The van der Waals surface area contributed by atoms with Crippen molar-refractivity contribution in [2.24, 2.45) is 0 Å². The molecule has 128 valence electrons. The topological polar surface area (TPSA) is 84.2 Å². The van der Waals surface area contributed by atoms with E-state index in [0.29, 0.717) is 18.4 Å². The molecule has 1 heterocycles. The average molecular weight is 329 g/mol. The van der Waals surface area contributed by atoms with Crippen LogP contribution in [0.4, 0.5) is 0 Å². The summed E-state index contributed by atoms with van der Waals surface area (Å²) in [6.45, 7) is 5.73. The van der Waals surface area contributed by atoms with Crippen LogP contribution in [0, 0.1) is 6.92 Å². The van der Waals surface area contributed by atoms with Crippen LogP contribution in [0.5, 0.6) is 0 Å². The van der Waals surface area contributed by atoms with Gasteiger partial charge < -0.3 is 10.4 Å². The van der Waals surface area contributed by atoms with Gasteiger partial charge in [-0.05, 0) is 31.4 Å². The highest BCUT2D eigenvalue weighted by atomic mass is 16.4. The maximum atomic E-state index is 12.5. The molecule has 1 aromatic carbocycles. The molecule has 6 heteroatoms. The lowest BCUT2D eigenvalue weighted by Crippen LogP contribution is -2.49. The third-order valence-electron chi connectivity index (χ3n) is 4.43. The van der Waals surface area contributed by atoms with Crippen LogP contribution in [-0.4, -0.2) is 32.3 Å². The number of hydrogen-bond acceptors (Lipinski definition) is 3. The molecular weight excluding hydrogens is 306 g/mol. The summed E-state index contributed by atoms with van der Waals surface area (Å²) in [4.78, 5) is 23.6. The van der Waals surface area contributed by atoms with Crippen molar-refractivity contribution in [1.29, 1.82) is 0 Å². The Morgan fingerprint density at radius 3 is 2.50 bits per heavy atom. The molecule has 0 bridgehead atoms. The highest BCUT2D eigenvalue weighted by molar-refractivity contribution is 5.94. The van der Waals surface area contributed by atoms with E-state index >= 15 is 0 Å². The zero-order chi connectivity index (χ0) is 17.7. The van der Waals surface area contributed by atoms with Gasteiger partial charge in [0.25, 0.3) is 5.91 Å². The summed E-state index contributed by atoms with van der Waals surface area (Å²) in [5.41, 5.74) is 1.62. The second-order valence-corrected chi connectivity index (χ2v) is 5.97. The number of carboxylic acids is 1. The Balaban J connectivity index is 2.22. The quantitative estimate of drug-likeness (QED) is 0.818. The first-order valence-corrected chi connectivity index (χ1v) is 8.05. The van der Waals surface area contributed by atoms with Crippen molar-refractivity contribution in [2.45, 2.75) is 45.6 Å². The molecule has 0 saturated carbocycles. The third-order valence-corrected chi connectivity index (χ3v) is 4.43. The summed E-state index contributed by atoms with van der Waals surface area (Å²) in [5.74, 6) is -1.23. The molecule has 6 nitrogen and oxygen atoms in total. The Labute approximate surface area is 141 Å². The van der Waals surface area contributed by atoms with E-state index in [-0.39, 0.29) is 12.3 Å². The minimum Gasteiger partial charge on any atom is -0.481 e. The van der Waals surface area contributed by atoms with Crippen molar-refractivity contribution in [3.05, 3.63) is 47.8 Å². The smallest absolute Gasteiger partial charge is 0.305 e. The molecule has 0 spiro atoms. The highest BCUT2D eigenvalue weighted by Gasteiger charge is 2.31. The number of benzene rings is 1. The zero-order valence-corrected chi connectivity index (χ0v) is 14.2. The van der Waals surface area contributed by atoms with E-state index < -0.39 is 11.5 Å². The van der Waals surface area contributed by atoms with E-state index in [1.54, 1.807) is 10.9 Å². The van der Waals surface area contributed by atoms with Crippen molar-refractivity contribution < 1.29 is 14.7 Å². The summed E-state index contributed by atoms with van der Waals surface area (Å²) < 4.78 is 1.65. The van der Waals surface area contributed by atoms with Crippen LogP contribution >= 0.6 is 0 Å². The summed E-state index contributed by atoms with van der Waals surface area (Å²) in [6.07, 6.45) is 4.16. The number of rotatable bonds is 7. The Kier molecular flexibility index (Phi) is 5.39. The number of carbonyl (C=O) groups excluding carboxylic acids is 1. The fraction of sp³-hybridized carbons (Fsp3) is 0.389. The fourth-order valence-electron chi connectivity index (χ4n) is 2.72. The number of hydrogen-bond donors (Lipinski definition) is 2.